The molecule has 1 unspecified atom stereocenters. The minimum absolute atomic E-state index is 0.0771. The molecule has 2 nitrogen and oxygen atoms in total. The van der Waals surface area contributed by atoms with E-state index in [0.29, 0.717) is 11.7 Å². The Morgan fingerprint density at radius 1 is 1.30 bits per heavy atom. The fourth-order valence-electron chi connectivity index (χ4n) is 3.33. The van der Waals surface area contributed by atoms with Crippen molar-refractivity contribution >= 4 is 11.6 Å². The van der Waals surface area contributed by atoms with E-state index in [1.807, 2.05) is 12.1 Å². The number of nitriles is 1. The molecule has 104 valence electrons. The van der Waals surface area contributed by atoms with E-state index in [9.17, 15) is 0 Å². The van der Waals surface area contributed by atoms with Crippen LogP contribution in [-0.4, -0.2) is 0 Å². The van der Waals surface area contributed by atoms with E-state index in [4.69, 9.17) is 21.3 Å². The van der Waals surface area contributed by atoms with E-state index in [1.54, 1.807) is 6.26 Å². The zero-order valence-corrected chi connectivity index (χ0v) is 12.4. The minimum Gasteiger partial charge on any atom is -0.453 e. The molecule has 0 radical (unpaired) electrons. The fourth-order valence-corrected chi connectivity index (χ4v) is 3.81. The van der Waals surface area contributed by atoms with Crippen molar-refractivity contribution in [1.29, 1.82) is 5.26 Å². The van der Waals surface area contributed by atoms with Crippen molar-refractivity contribution in [2.45, 2.75) is 44.4 Å². The van der Waals surface area contributed by atoms with Crippen LogP contribution < -0.4 is 0 Å². The molecule has 0 amide bonds. The summed E-state index contributed by atoms with van der Waals surface area (Å²) >= 11 is 6.74. The molecule has 0 aromatic carbocycles. The van der Waals surface area contributed by atoms with Crippen LogP contribution in [0.5, 0.6) is 0 Å². The van der Waals surface area contributed by atoms with Crippen molar-refractivity contribution in [3.63, 3.8) is 0 Å². The molecule has 2 aliphatic carbocycles. The van der Waals surface area contributed by atoms with Crippen molar-refractivity contribution in [2.24, 2.45) is 5.92 Å². The van der Waals surface area contributed by atoms with Crippen LogP contribution >= 0.6 is 11.6 Å². The highest BCUT2D eigenvalue weighted by atomic mass is 35.5. The average molecular weight is 288 g/mol. The van der Waals surface area contributed by atoms with E-state index >= 15 is 0 Å². The summed E-state index contributed by atoms with van der Waals surface area (Å²) in [5.41, 5.74) is 4.53. The van der Waals surface area contributed by atoms with Gasteiger partial charge in [-0.2, -0.15) is 5.26 Å². The van der Waals surface area contributed by atoms with Gasteiger partial charge in [0.05, 0.1) is 11.6 Å². The van der Waals surface area contributed by atoms with Gasteiger partial charge in [0, 0.05) is 5.56 Å². The number of rotatable bonds is 2. The van der Waals surface area contributed by atoms with Crippen LogP contribution in [0.3, 0.4) is 0 Å². The van der Waals surface area contributed by atoms with E-state index < -0.39 is 0 Å². The van der Waals surface area contributed by atoms with Gasteiger partial charge in [-0.05, 0) is 54.5 Å². The third-order valence-electron chi connectivity index (χ3n) is 4.52. The van der Waals surface area contributed by atoms with Gasteiger partial charge in [0.1, 0.15) is 6.07 Å². The van der Waals surface area contributed by atoms with E-state index in [0.717, 1.165) is 11.1 Å². The summed E-state index contributed by atoms with van der Waals surface area (Å²) in [5, 5.41) is 9.02. The molecule has 3 rings (SSSR count). The van der Waals surface area contributed by atoms with Crippen molar-refractivity contribution in [3.8, 4) is 17.2 Å². The first-order valence-electron chi connectivity index (χ1n) is 7.26. The topological polar surface area (TPSA) is 36.9 Å². The molecule has 0 aromatic heterocycles. The molecule has 3 aliphatic rings. The van der Waals surface area contributed by atoms with Gasteiger partial charge in [-0.15, -0.1) is 11.6 Å². The van der Waals surface area contributed by atoms with Crippen LogP contribution in [0.4, 0.5) is 0 Å². The van der Waals surface area contributed by atoms with Gasteiger partial charge in [0.15, 0.2) is 0 Å². The third-order valence-corrected chi connectivity index (χ3v) is 5.11. The number of nitrogens with zero attached hydrogens (tertiary/aromatic N) is 1. The molecule has 0 saturated heterocycles. The molecule has 1 fully saturated rings. The fraction of sp³-hybridized carbons (Fsp3) is 0.471. The maximum atomic E-state index is 8.94. The second-order valence-electron chi connectivity index (χ2n) is 5.75. The molecular formula is C17H18ClNO. The minimum atomic E-state index is 0.0771. The van der Waals surface area contributed by atoms with Gasteiger partial charge in [-0.3, -0.25) is 0 Å². The number of fused-ring (bicyclic) bond motifs is 1. The SMILES string of the molecule is Cc1c2cc(C#N)occ-2cc1C(Cl)C1CCCCC1. The van der Waals surface area contributed by atoms with Crippen LogP contribution in [0.1, 0.15) is 54.4 Å². The Balaban J connectivity index is 1.97. The first-order valence-corrected chi connectivity index (χ1v) is 7.70. The van der Waals surface area contributed by atoms with Crippen LogP contribution in [0.2, 0.25) is 0 Å². The van der Waals surface area contributed by atoms with Crippen molar-refractivity contribution in [2.75, 3.05) is 0 Å². The standard InChI is InChI=1S/C17H18ClNO/c1-11-15-8-14(9-19)20-10-13(15)7-16(11)17(18)12-5-3-2-4-6-12/h7-8,10,12,17H,2-6H2,1H3. The summed E-state index contributed by atoms with van der Waals surface area (Å²) in [5.74, 6) is 0.926. The lowest BCUT2D eigenvalue weighted by molar-refractivity contribution is 0.348. The Bertz CT molecular complexity index is 619. The summed E-state index contributed by atoms with van der Waals surface area (Å²) in [4.78, 5) is 0. The molecule has 1 heterocycles. The number of hydrogen-bond acceptors (Lipinski definition) is 2. The van der Waals surface area contributed by atoms with Gasteiger partial charge >= 0.3 is 0 Å². The van der Waals surface area contributed by atoms with Crippen molar-refractivity contribution in [1.82, 2.24) is 0 Å². The smallest absolute Gasteiger partial charge is 0.203 e. The van der Waals surface area contributed by atoms with Crippen molar-refractivity contribution < 1.29 is 4.42 Å². The third kappa shape index (κ3) is 2.31. The summed E-state index contributed by atoms with van der Waals surface area (Å²) < 4.78 is 5.28. The molecule has 0 spiro atoms. The van der Waals surface area contributed by atoms with Gasteiger partial charge in [0.2, 0.25) is 5.76 Å². The molecule has 0 aromatic rings. The lowest BCUT2D eigenvalue weighted by Crippen LogP contribution is -2.12. The van der Waals surface area contributed by atoms with Gasteiger partial charge in [-0.25, -0.2) is 0 Å². The first kappa shape index (κ1) is 13.5. The van der Waals surface area contributed by atoms with E-state index in [1.165, 1.54) is 43.2 Å². The Morgan fingerprint density at radius 2 is 2.05 bits per heavy atom. The molecule has 1 aliphatic heterocycles. The molecule has 0 N–H and O–H groups in total. The number of alkyl halides is 1. The lowest BCUT2D eigenvalue weighted by atomic mass is 9.84. The predicted octanol–water partition coefficient (Wildman–Crippen LogP) is 5.42. The Morgan fingerprint density at radius 3 is 2.75 bits per heavy atom. The van der Waals surface area contributed by atoms with Gasteiger partial charge in [0.25, 0.3) is 0 Å². The predicted molar refractivity (Wildman–Crippen MR) is 80.0 cm³/mol. The lowest BCUT2D eigenvalue weighted by Gasteiger charge is -2.26. The van der Waals surface area contributed by atoms with Crippen LogP contribution in [-0.2, 0) is 0 Å². The highest BCUT2D eigenvalue weighted by Crippen LogP contribution is 2.44. The highest BCUT2D eigenvalue weighted by Gasteiger charge is 2.27. The maximum absolute atomic E-state index is 8.94. The first-order chi connectivity index (χ1) is 9.70. The highest BCUT2D eigenvalue weighted by molar-refractivity contribution is 6.21. The molecule has 1 atom stereocenters. The largest absolute Gasteiger partial charge is 0.453 e. The number of halogens is 1. The Hall–Kier alpha value is -1.46. The molecule has 3 heteroatoms. The van der Waals surface area contributed by atoms with Crippen LogP contribution in [0.15, 0.2) is 22.8 Å². The van der Waals surface area contributed by atoms with E-state index in [2.05, 4.69) is 13.0 Å². The average Bonchev–Trinajstić information content (AvgIpc) is 2.84. The number of hydrogen-bond donors (Lipinski definition) is 0. The summed E-state index contributed by atoms with van der Waals surface area (Å²) in [6.45, 7) is 2.09. The summed E-state index contributed by atoms with van der Waals surface area (Å²) in [6, 6.07) is 5.99. The zero-order chi connectivity index (χ0) is 14.1. The van der Waals surface area contributed by atoms with Crippen molar-refractivity contribution in [3.05, 3.63) is 35.3 Å². The quantitative estimate of drug-likeness (QED) is 0.691. The molecule has 0 bridgehead atoms. The molecule has 20 heavy (non-hydrogen) atoms. The second-order valence-corrected chi connectivity index (χ2v) is 6.22. The van der Waals surface area contributed by atoms with Crippen LogP contribution in [0.25, 0.3) is 11.1 Å². The molecular weight excluding hydrogens is 270 g/mol. The van der Waals surface area contributed by atoms with Crippen LogP contribution in [0, 0.1) is 24.2 Å². The maximum Gasteiger partial charge on any atom is 0.203 e. The normalized spacial score (nSPS) is 18.1. The Kier molecular flexibility index (Phi) is 3.72. The van der Waals surface area contributed by atoms with Gasteiger partial charge in [-0.1, -0.05) is 19.3 Å². The molecule has 1 saturated carbocycles. The summed E-state index contributed by atoms with van der Waals surface area (Å²) in [7, 11) is 0. The summed E-state index contributed by atoms with van der Waals surface area (Å²) in [6.07, 6.45) is 8.04. The van der Waals surface area contributed by atoms with Gasteiger partial charge < -0.3 is 4.42 Å². The Labute approximate surface area is 124 Å². The monoisotopic (exact) mass is 287 g/mol. The van der Waals surface area contributed by atoms with E-state index in [-0.39, 0.29) is 5.38 Å². The zero-order valence-electron chi connectivity index (χ0n) is 11.7. The second kappa shape index (κ2) is 5.50.